The number of nitrogens with zero attached hydrogens (tertiary/aromatic N) is 1. The van der Waals surface area contributed by atoms with Gasteiger partial charge in [0.05, 0.1) is 26.2 Å². The number of methoxy groups -OCH3 is 3. The van der Waals surface area contributed by atoms with Crippen LogP contribution >= 0.6 is 11.8 Å². The van der Waals surface area contributed by atoms with E-state index < -0.39 is 17.2 Å². The maximum absolute atomic E-state index is 12.7. The van der Waals surface area contributed by atoms with Crippen molar-refractivity contribution in [3.63, 3.8) is 0 Å². The van der Waals surface area contributed by atoms with Crippen LogP contribution in [0, 0.1) is 0 Å². The molecule has 0 unspecified atom stereocenters. The number of ether oxygens (including phenoxy) is 3. The zero-order valence-corrected chi connectivity index (χ0v) is 20.3. The number of amides is 5. The molecule has 12 heteroatoms. The van der Waals surface area contributed by atoms with Crippen LogP contribution in [0.2, 0.25) is 0 Å². The van der Waals surface area contributed by atoms with Crippen molar-refractivity contribution in [2.24, 2.45) is 5.73 Å². The Labute approximate surface area is 202 Å². The number of nitrogens with two attached hydrogens (primary N) is 1. The van der Waals surface area contributed by atoms with Gasteiger partial charge in [-0.3, -0.25) is 19.3 Å². The topological polar surface area (TPSA) is 149 Å². The van der Waals surface area contributed by atoms with Crippen molar-refractivity contribution in [3.8, 4) is 17.2 Å². The molecule has 11 nitrogen and oxygen atoms in total. The number of hydrogen-bond donors (Lipinski definition) is 3. The summed E-state index contributed by atoms with van der Waals surface area (Å²) < 4.78 is 15.9. The van der Waals surface area contributed by atoms with E-state index in [1.165, 1.54) is 21.3 Å². The Morgan fingerprint density at radius 3 is 2.26 bits per heavy atom. The minimum atomic E-state index is -0.566. The Balaban J connectivity index is 1.87. The van der Waals surface area contributed by atoms with Crippen LogP contribution in [0.1, 0.15) is 31.2 Å². The quantitative estimate of drug-likeness (QED) is 0.279. The zero-order chi connectivity index (χ0) is 25.1. The Hall–Kier alpha value is -3.41. The standard InChI is InChI=1S/C22H30N4O7S/c1-31-15-11-14(12-16(32-2)19(15)33-3)13-17-20(28)26(22(30)34-17)10-9-24-18(27)7-5-4-6-8-25-21(23)29/h11-13H,4-10H2,1-3H3,(H,24,27)(H3,23,25,29). The van der Waals surface area contributed by atoms with Crippen molar-refractivity contribution in [2.45, 2.75) is 25.7 Å². The molecule has 1 fully saturated rings. The predicted octanol–water partition coefficient (Wildman–Crippen LogP) is 2.09. The van der Waals surface area contributed by atoms with Gasteiger partial charge < -0.3 is 30.6 Å². The minimum Gasteiger partial charge on any atom is -0.493 e. The van der Waals surface area contributed by atoms with Gasteiger partial charge in [-0.1, -0.05) is 6.42 Å². The van der Waals surface area contributed by atoms with Crippen molar-refractivity contribution in [3.05, 3.63) is 22.6 Å². The molecular formula is C22H30N4O7S. The van der Waals surface area contributed by atoms with Crippen LogP contribution in [-0.2, 0) is 9.59 Å². The molecule has 4 N–H and O–H groups in total. The third-order valence-electron chi connectivity index (χ3n) is 4.90. The Morgan fingerprint density at radius 2 is 1.68 bits per heavy atom. The zero-order valence-electron chi connectivity index (χ0n) is 19.5. The third kappa shape index (κ3) is 7.58. The molecule has 5 amide bonds. The molecule has 2 rings (SSSR count). The monoisotopic (exact) mass is 494 g/mol. The molecule has 1 aromatic rings. The SMILES string of the molecule is COc1cc(C=C2SC(=O)N(CCNC(=O)CCCCCNC(N)=O)C2=O)cc(OC)c1OC. The summed E-state index contributed by atoms with van der Waals surface area (Å²) in [6.07, 6.45) is 4.06. The van der Waals surface area contributed by atoms with Gasteiger partial charge in [0.1, 0.15) is 0 Å². The number of nitrogens with one attached hydrogen (secondary N) is 2. The number of unbranched alkanes of at least 4 members (excludes halogenated alkanes) is 2. The number of benzene rings is 1. The number of rotatable bonds is 13. The lowest BCUT2D eigenvalue weighted by molar-refractivity contribution is -0.124. The summed E-state index contributed by atoms with van der Waals surface area (Å²) in [7, 11) is 4.48. The Bertz CT molecular complexity index is 926. The lowest BCUT2D eigenvalue weighted by atomic mass is 10.1. The molecule has 186 valence electrons. The van der Waals surface area contributed by atoms with Crippen molar-refractivity contribution in [1.29, 1.82) is 0 Å². The normalized spacial score (nSPS) is 14.3. The average molecular weight is 495 g/mol. The first kappa shape index (κ1) is 26.8. The molecule has 0 aliphatic carbocycles. The van der Waals surface area contributed by atoms with Crippen LogP contribution in [0.4, 0.5) is 9.59 Å². The highest BCUT2D eigenvalue weighted by molar-refractivity contribution is 8.18. The highest BCUT2D eigenvalue weighted by Crippen LogP contribution is 2.40. The van der Waals surface area contributed by atoms with Crippen LogP contribution in [0.25, 0.3) is 6.08 Å². The Morgan fingerprint density at radius 1 is 1.00 bits per heavy atom. The number of hydrogen-bond acceptors (Lipinski definition) is 8. The molecule has 1 saturated heterocycles. The second kappa shape index (κ2) is 13.3. The van der Waals surface area contributed by atoms with Gasteiger partial charge in [0.2, 0.25) is 11.7 Å². The summed E-state index contributed by atoms with van der Waals surface area (Å²) in [5.74, 6) is 0.689. The van der Waals surface area contributed by atoms with Crippen LogP contribution in [0.15, 0.2) is 17.0 Å². The number of imide groups is 1. The lowest BCUT2D eigenvalue weighted by Gasteiger charge is -2.13. The molecule has 1 aromatic carbocycles. The van der Waals surface area contributed by atoms with Crippen molar-refractivity contribution < 1.29 is 33.4 Å². The third-order valence-corrected chi connectivity index (χ3v) is 5.80. The maximum atomic E-state index is 12.7. The molecule has 0 spiro atoms. The van der Waals surface area contributed by atoms with Crippen molar-refractivity contribution in [1.82, 2.24) is 15.5 Å². The number of thioether (sulfide) groups is 1. The molecule has 0 aromatic heterocycles. The molecule has 1 aliphatic rings. The van der Waals surface area contributed by atoms with E-state index >= 15 is 0 Å². The van der Waals surface area contributed by atoms with Crippen LogP contribution in [0.5, 0.6) is 17.2 Å². The summed E-state index contributed by atoms with van der Waals surface area (Å²) in [6, 6.07) is 2.79. The number of carbonyl (C=O) groups excluding carboxylic acids is 4. The molecule has 1 aliphatic heterocycles. The highest BCUT2D eigenvalue weighted by atomic mass is 32.2. The van der Waals surface area contributed by atoms with E-state index in [9.17, 15) is 19.2 Å². The fourth-order valence-corrected chi connectivity index (χ4v) is 4.09. The second-order valence-electron chi connectivity index (χ2n) is 7.24. The van der Waals surface area contributed by atoms with Gasteiger partial charge in [0.15, 0.2) is 11.5 Å². The first-order chi connectivity index (χ1) is 16.3. The fourth-order valence-electron chi connectivity index (χ4n) is 3.22. The van der Waals surface area contributed by atoms with E-state index in [2.05, 4.69) is 10.6 Å². The van der Waals surface area contributed by atoms with E-state index in [-0.39, 0.29) is 23.9 Å². The van der Waals surface area contributed by atoms with E-state index in [0.29, 0.717) is 42.2 Å². The summed E-state index contributed by atoms with van der Waals surface area (Å²) in [6.45, 7) is 0.711. The van der Waals surface area contributed by atoms with Gasteiger partial charge in [0.25, 0.3) is 11.1 Å². The molecule has 0 saturated carbocycles. The highest BCUT2D eigenvalue weighted by Gasteiger charge is 2.34. The summed E-state index contributed by atoms with van der Waals surface area (Å²) in [5.41, 5.74) is 5.59. The average Bonchev–Trinajstić information content (AvgIpc) is 3.07. The summed E-state index contributed by atoms with van der Waals surface area (Å²) in [4.78, 5) is 49.0. The number of primary amides is 1. The molecule has 0 radical (unpaired) electrons. The van der Waals surface area contributed by atoms with Crippen LogP contribution in [0.3, 0.4) is 0 Å². The Kier molecular flexibility index (Phi) is 10.5. The van der Waals surface area contributed by atoms with Gasteiger partial charge >= 0.3 is 6.03 Å². The number of urea groups is 1. The van der Waals surface area contributed by atoms with Crippen molar-refractivity contribution in [2.75, 3.05) is 41.0 Å². The van der Waals surface area contributed by atoms with Gasteiger partial charge in [0, 0.05) is 26.1 Å². The largest absolute Gasteiger partial charge is 0.493 e. The van der Waals surface area contributed by atoms with Gasteiger partial charge in [-0.2, -0.15) is 0 Å². The van der Waals surface area contributed by atoms with Crippen LogP contribution in [-0.4, -0.2) is 68.9 Å². The lowest BCUT2D eigenvalue weighted by Crippen LogP contribution is -2.37. The number of carbonyl (C=O) groups is 4. The van der Waals surface area contributed by atoms with Gasteiger partial charge in [-0.15, -0.1) is 0 Å². The van der Waals surface area contributed by atoms with Crippen LogP contribution < -0.4 is 30.6 Å². The van der Waals surface area contributed by atoms with E-state index in [1.54, 1.807) is 18.2 Å². The van der Waals surface area contributed by atoms with Gasteiger partial charge in [-0.25, -0.2) is 4.79 Å². The van der Waals surface area contributed by atoms with Gasteiger partial charge in [-0.05, 0) is 48.4 Å². The first-order valence-corrected chi connectivity index (χ1v) is 11.5. The van der Waals surface area contributed by atoms with E-state index in [4.69, 9.17) is 19.9 Å². The molecule has 0 bridgehead atoms. The second-order valence-corrected chi connectivity index (χ2v) is 8.24. The maximum Gasteiger partial charge on any atom is 0.312 e. The van der Waals surface area contributed by atoms with E-state index in [0.717, 1.165) is 29.5 Å². The minimum absolute atomic E-state index is 0.0749. The summed E-state index contributed by atoms with van der Waals surface area (Å²) >= 11 is 0.830. The predicted molar refractivity (Wildman–Crippen MR) is 128 cm³/mol. The molecule has 0 atom stereocenters. The van der Waals surface area contributed by atoms with E-state index in [1.807, 2.05) is 0 Å². The molecule has 1 heterocycles. The van der Waals surface area contributed by atoms with Crippen molar-refractivity contribution >= 4 is 40.9 Å². The fraction of sp³-hybridized carbons (Fsp3) is 0.455. The first-order valence-electron chi connectivity index (χ1n) is 10.7. The smallest absolute Gasteiger partial charge is 0.312 e. The summed E-state index contributed by atoms with van der Waals surface area (Å²) in [5, 5.41) is 4.80. The molecular weight excluding hydrogens is 464 g/mol. The molecule has 34 heavy (non-hydrogen) atoms.